The number of aliphatic hydroxyl groups is 1. The number of urea groups is 1. The predicted octanol–water partition coefficient (Wildman–Crippen LogP) is 3.18. The van der Waals surface area contributed by atoms with E-state index < -0.39 is 6.10 Å². The van der Waals surface area contributed by atoms with E-state index in [9.17, 15) is 9.90 Å². The van der Waals surface area contributed by atoms with E-state index in [0.29, 0.717) is 12.2 Å². The van der Waals surface area contributed by atoms with Crippen molar-refractivity contribution in [1.82, 2.24) is 15.6 Å². The van der Waals surface area contributed by atoms with Crippen LogP contribution < -0.4 is 10.6 Å². The van der Waals surface area contributed by atoms with E-state index in [4.69, 9.17) is 4.42 Å². The van der Waals surface area contributed by atoms with Crippen molar-refractivity contribution in [1.29, 1.82) is 0 Å². The van der Waals surface area contributed by atoms with E-state index in [1.54, 1.807) is 18.3 Å². The molecule has 0 aliphatic heterocycles. The molecule has 3 atom stereocenters. The molecule has 2 aromatic rings. The molecule has 6 nitrogen and oxygen atoms in total. The topological polar surface area (TPSA) is 87.4 Å². The Balaban J connectivity index is 1.88. The smallest absolute Gasteiger partial charge is 0.315 e. The molecule has 0 spiro atoms. The summed E-state index contributed by atoms with van der Waals surface area (Å²) in [7, 11) is 0. The van der Waals surface area contributed by atoms with Gasteiger partial charge in [-0.05, 0) is 37.1 Å². The number of nitrogens with one attached hydrogen (secondary N) is 2. The minimum Gasteiger partial charge on any atom is -0.467 e. The van der Waals surface area contributed by atoms with Gasteiger partial charge >= 0.3 is 6.03 Å². The van der Waals surface area contributed by atoms with Crippen LogP contribution in [-0.2, 0) is 0 Å². The molecule has 0 aliphatic rings. The molecule has 130 valence electrons. The van der Waals surface area contributed by atoms with Gasteiger partial charge < -0.3 is 20.2 Å². The average molecular weight is 331 g/mol. The van der Waals surface area contributed by atoms with Gasteiger partial charge in [-0.2, -0.15) is 0 Å². The fraction of sp³-hybridized carbons (Fsp3) is 0.444. The van der Waals surface area contributed by atoms with Crippen molar-refractivity contribution in [2.24, 2.45) is 5.92 Å². The lowest BCUT2D eigenvalue weighted by atomic mass is 10.0. The summed E-state index contributed by atoms with van der Waals surface area (Å²) >= 11 is 0. The van der Waals surface area contributed by atoms with E-state index in [1.165, 1.54) is 6.26 Å². The summed E-state index contributed by atoms with van der Waals surface area (Å²) in [5.41, 5.74) is 0.825. The lowest BCUT2D eigenvalue weighted by molar-refractivity contribution is 0.129. The van der Waals surface area contributed by atoms with Crippen LogP contribution in [0.4, 0.5) is 4.79 Å². The van der Waals surface area contributed by atoms with E-state index in [2.05, 4.69) is 15.6 Å². The Kier molecular flexibility index (Phi) is 6.37. The third-order valence-electron chi connectivity index (χ3n) is 3.79. The third-order valence-corrected chi connectivity index (χ3v) is 3.79. The van der Waals surface area contributed by atoms with Gasteiger partial charge in [-0.1, -0.05) is 19.9 Å². The number of amides is 2. The molecule has 2 heterocycles. The van der Waals surface area contributed by atoms with Gasteiger partial charge in [0.25, 0.3) is 0 Å². The molecule has 0 saturated carbocycles. The highest BCUT2D eigenvalue weighted by Gasteiger charge is 2.21. The second kappa shape index (κ2) is 8.49. The monoisotopic (exact) mass is 331 g/mol. The number of hydrogen-bond acceptors (Lipinski definition) is 4. The highest BCUT2D eigenvalue weighted by Crippen LogP contribution is 2.20. The molecule has 2 amide bonds. The summed E-state index contributed by atoms with van der Waals surface area (Å²) in [6, 6.07) is 8.43. The Bertz CT molecular complexity index is 614. The first-order valence-electron chi connectivity index (χ1n) is 8.16. The number of carbonyl (C=O) groups is 1. The molecule has 2 rings (SSSR count). The Hall–Kier alpha value is -2.34. The summed E-state index contributed by atoms with van der Waals surface area (Å²) in [4.78, 5) is 16.6. The van der Waals surface area contributed by atoms with E-state index in [1.807, 2.05) is 39.0 Å². The fourth-order valence-corrected chi connectivity index (χ4v) is 2.54. The number of aliphatic hydroxyl groups excluding tert-OH is 1. The zero-order chi connectivity index (χ0) is 17.5. The van der Waals surface area contributed by atoms with Crippen LogP contribution in [0.1, 0.15) is 50.8 Å². The summed E-state index contributed by atoms with van der Waals surface area (Å²) < 4.78 is 5.17. The van der Waals surface area contributed by atoms with Crippen molar-refractivity contribution in [2.45, 2.75) is 45.4 Å². The first-order valence-corrected chi connectivity index (χ1v) is 8.16. The Labute approximate surface area is 142 Å². The molecular formula is C18H25N3O3. The number of carbonyl (C=O) groups excluding carboxylic acids is 1. The van der Waals surface area contributed by atoms with Gasteiger partial charge in [0, 0.05) is 18.7 Å². The highest BCUT2D eigenvalue weighted by molar-refractivity contribution is 5.74. The first-order chi connectivity index (χ1) is 11.5. The summed E-state index contributed by atoms with van der Waals surface area (Å²) in [5, 5.41) is 15.9. The van der Waals surface area contributed by atoms with Crippen LogP contribution in [0.25, 0.3) is 0 Å². The van der Waals surface area contributed by atoms with Gasteiger partial charge in [0.15, 0.2) is 0 Å². The molecule has 0 fully saturated rings. The van der Waals surface area contributed by atoms with Crippen molar-refractivity contribution in [3.05, 3.63) is 54.2 Å². The van der Waals surface area contributed by atoms with Crippen molar-refractivity contribution in [3.8, 4) is 0 Å². The van der Waals surface area contributed by atoms with E-state index in [-0.39, 0.29) is 24.0 Å². The molecule has 0 saturated heterocycles. The van der Waals surface area contributed by atoms with Crippen LogP contribution in [0.15, 0.2) is 47.2 Å². The third kappa shape index (κ3) is 5.09. The maximum Gasteiger partial charge on any atom is 0.315 e. The van der Waals surface area contributed by atoms with E-state index >= 15 is 0 Å². The molecule has 2 aromatic heterocycles. The van der Waals surface area contributed by atoms with Crippen LogP contribution in [0, 0.1) is 5.92 Å². The van der Waals surface area contributed by atoms with Gasteiger partial charge in [0.1, 0.15) is 11.9 Å². The largest absolute Gasteiger partial charge is 0.467 e. The molecule has 0 radical (unpaired) electrons. The van der Waals surface area contributed by atoms with Gasteiger partial charge in [0.05, 0.1) is 18.0 Å². The Morgan fingerprint density at radius 1 is 1.21 bits per heavy atom. The highest BCUT2D eigenvalue weighted by atomic mass is 16.4. The predicted molar refractivity (Wildman–Crippen MR) is 91.2 cm³/mol. The quantitative estimate of drug-likeness (QED) is 0.727. The van der Waals surface area contributed by atoms with Crippen LogP contribution in [0.5, 0.6) is 0 Å². The number of aromatic nitrogens is 1. The lowest BCUT2D eigenvalue weighted by Crippen LogP contribution is -2.44. The van der Waals surface area contributed by atoms with Gasteiger partial charge in [0.2, 0.25) is 0 Å². The molecule has 3 N–H and O–H groups in total. The van der Waals surface area contributed by atoms with Gasteiger partial charge in [-0.3, -0.25) is 4.98 Å². The van der Waals surface area contributed by atoms with Crippen molar-refractivity contribution < 1.29 is 14.3 Å². The van der Waals surface area contributed by atoms with Crippen LogP contribution in [0.3, 0.4) is 0 Å². The van der Waals surface area contributed by atoms with Gasteiger partial charge in [-0.25, -0.2) is 4.79 Å². The molecule has 0 unspecified atom stereocenters. The van der Waals surface area contributed by atoms with Crippen LogP contribution in [-0.4, -0.2) is 22.2 Å². The second-order valence-corrected chi connectivity index (χ2v) is 6.26. The minimum absolute atomic E-state index is 0.173. The lowest BCUT2D eigenvalue weighted by Gasteiger charge is -2.24. The molecule has 0 aromatic carbocycles. The molecular weight excluding hydrogens is 306 g/mol. The molecule has 6 heteroatoms. The van der Waals surface area contributed by atoms with Crippen LogP contribution >= 0.6 is 0 Å². The summed E-state index contributed by atoms with van der Waals surface area (Å²) in [5.74, 6) is 0.701. The van der Waals surface area contributed by atoms with Crippen LogP contribution in [0.2, 0.25) is 0 Å². The summed E-state index contributed by atoms with van der Waals surface area (Å²) in [6.07, 6.45) is 2.86. The van der Waals surface area contributed by atoms with E-state index in [0.717, 1.165) is 5.69 Å². The first kappa shape index (κ1) is 18.0. The number of furan rings is 1. The number of nitrogens with zero attached hydrogens (tertiary/aromatic N) is 1. The standard InChI is InChI=1S/C18H25N3O3/c1-12(2)17(14-7-4-5-9-19-14)21-18(23)20-13(3)11-15(22)16-8-6-10-24-16/h4-10,12-13,15,17,22H,11H2,1-3H3,(H2,20,21,23)/t13-,15+,17+/m1/s1. The Morgan fingerprint density at radius 2 is 2.00 bits per heavy atom. The summed E-state index contributed by atoms with van der Waals surface area (Å²) in [6.45, 7) is 5.91. The average Bonchev–Trinajstić information content (AvgIpc) is 3.07. The molecule has 0 bridgehead atoms. The van der Waals surface area contributed by atoms with Crippen molar-refractivity contribution >= 4 is 6.03 Å². The normalized spacial score (nSPS) is 14.9. The fourth-order valence-electron chi connectivity index (χ4n) is 2.54. The second-order valence-electron chi connectivity index (χ2n) is 6.26. The van der Waals surface area contributed by atoms with Gasteiger partial charge in [-0.15, -0.1) is 0 Å². The number of hydrogen-bond donors (Lipinski definition) is 3. The zero-order valence-electron chi connectivity index (χ0n) is 14.3. The number of pyridine rings is 1. The maximum absolute atomic E-state index is 12.3. The maximum atomic E-state index is 12.3. The van der Waals surface area contributed by atoms with Crippen molar-refractivity contribution in [2.75, 3.05) is 0 Å². The number of rotatable bonds is 7. The molecule has 0 aliphatic carbocycles. The Morgan fingerprint density at radius 3 is 2.58 bits per heavy atom. The zero-order valence-corrected chi connectivity index (χ0v) is 14.3. The molecule has 24 heavy (non-hydrogen) atoms. The SMILES string of the molecule is CC(C)[C@H](NC(=O)N[C@H](C)C[C@H](O)c1ccco1)c1ccccn1. The van der Waals surface area contributed by atoms with Crippen molar-refractivity contribution in [3.63, 3.8) is 0 Å². The minimum atomic E-state index is -0.744.